The second kappa shape index (κ2) is 15.4. The lowest BCUT2D eigenvalue weighted by Crippen LogP contribution is -2.29. The summed E-state index contributed by atoms with van der Waals surface area (Å²) < 4.78 is 7.35. The normalized spacial score (nSPS) is 12.0. The number of halogens is 1. The van der Waals surface area contributed by atoms with Gasteiger partial charge in [-0.25, -0.2) is 4.52 Å². The molecule has 7 heteroatoms. The molecule has 194 valence electrons. The van der Waals surface area contributed by atoms with Gasteiger partial charge >= 0.3 is 5.97 Å². The molecule has 2 heterocycles. The molecule has 0 bridgehead atoms. The quantitative estimate of drug-likeness (QED) is 0.158. The molecule has 0 radical (unpaired) electrons. The Morgan fingerprint density at radius 2 is 1.38 bits per heavy atom. The van der Waals surface area contributed by atoms with Gasteiger partial charge in [-0.3, -0.25) is 9.89 Å². The van der Waals surface area contributed by atoms with Crippen LogP contribution >= 0.6 is 11.6 Å². The average molecular weight is 495 g/mol. The number of carbonyl (C=O) groups is 1. The molecule has 0 fully saturated rings. The van der Waals surface area contributed by atoms with Gasteiger partial charge in [0.15, 0.2) is 11.5 Å². The van der Waals surface area contributed by atoms with Crippen LogP contribution in [0.5, 0.6) is 0 Å². The summed E-state index contributed by atoms with van der Waals surface area (Å²) in [6.07, 6.45) is 20.2. The van der Waals surface area contributed by atoms with E-state index in [1.165, 1.54) is 83.5 Å². The van der Waals surface area contributed by atoms with E-state index >= 15 is 0 Å². The standard InChI is InChI=1S/C27H47ClN4O2/c1-5-6-7-8-9-10-11-12-13-14-15-16-17-18-19-20-23(33)34-21-27(3,4)26-30-29-25-24(28)22(2)31-32(25)26/h31H,5-21H2,1-4H3. The number of nitrogens with zero attached hydrogens (tertiary/aromatic N) is 3. The Balaban J connectivity index is 1.47. The zero-order chi connectivity index (χ0) is 24.8. The van der Waals surface area contributed by atoms with E-state index in [0.717, 1.165) is 18.5 Å². The number of nitrogens with one attached hydrogen (secondary N) is 1. The van der Waals surface area contributed by atoms with E-state index in [1.807, 2.05) is 20.8 Å². The minimum atomic E-state index is -0.468. The third-order valence-electron chi connectivity index (χ3n) is 6.65. The van der Waals surface area contributed by atoms with Crippen molar-refractivity contribution in [2.45, 2.75) is 136 Å². The smallest absolute Gasteiger partial charge is 0.305 e. The highest BCUT2D eigenvalue weighted by Gasteiger charge is 2.30. The molecule has 6 nitrogen and oxygen atoms in total. The van der Waals surface area contributed by atoms with Gasteiger partial charge in [0.2, 0.25) is 0 Å². The molecule has 34 heavy (non-hydrogen) atoms. The first-order valence-electron chi connectivity index (χ1n) is 13.6. The topological polar surface area (TPSA) is 72.3 Å². The Kier molecular flexibility index (Phi) is 13.0. The lowest BCUT2D eigenvalue weighted by molar-refractivity contribution is -0.145. The molecule has 2 aromatic heterocycles. The first-order valence-corrected chi connectivity index (χ1v) is 14.0. The fourth-order valence-electron chi connectivity index (χ4n) is 4.39. The summed E-state index contributed by atoms with van der Waals surface area (Å²) in [6.45, 7) is 8.42. The molecule has 2 rings (SSSR count). The van der Waals surface area contributed by atoms with Crippen LogP contribution in [0, 0.1) is 6.92 Å². The fraction of sp³-hybridized carbons (Fsp3) is 0.815. The SMILES string of the molecule is CCCCCCCCCCCCCCCCCC(=O)OCC(C)(C)c1nnc2c(Cl)c(C)[nH]n12. The van der Waals surface area contributed by atoms with E-state index in [2.05, 4.69) is 22.2 Å². The van der Waals surface area contributed by atoms with Crippen LogP contribution in [0.1, 0.15) is 135 Å². The summed E-state index contributed by atoms with van der Waals surface area (Å²) in [5.41, 5.74) is 0.977. The number of rotatable bonds is 19. The van der Waals surface area contributed by atoms with Crippen molar-refractivity contribution in [1.29, 1.82) is 0 Å². The van der Waals surface area contributed by atoms with Gasteiger partial charge in [0, 0.05) is 6.42 Å². The molecule has 0 atom stereocenters. The summed E-state index contributed by atoms with van der Waals surface area (Å²) in [5, 5.41) is 12.2. The lowest BCUT2D eigenvalue weighted by Gasteiger charge is -2.21. The van der Waals surface area contributed by atoms with Crippen LogP contribution < -0.4 is 0 Å². The number of fused-ring (bicyclic) bond motifs is 1. The van der Waals surface area contributed by atoms with Crippen molar-refractivity contribution in [3.05, 3.63) is 16.5 Å². The van der Waals surface area contributed by atoms with Crippen molar-refractivity contribution in [2.24, 2.45) is 0 Å². The summed E-state index contributed by atoms with van der Waals surface area (Å²) in [7, 11) is 0. The Morgan fingerprint density at radius 1 is 0.882 bits per heavy atom. The first-order chi connectivity index (χ1) is 16.4. The molecule has 0 unspecified atom stereocenters. The van der Waals surface area contributed by atoms with Crippen LogP contribution in [0.4, 0.5) is 0 Å². The number of aromatic nitrogens is 4. The number of hydrogen-bond donors (Lipinski definition) is 1. The predicted molar refractivity (Wildman–Crippen MR) is 141 cm³/mol. The Morgan fingerprint density at radius 3 is 1.91 bits per heavy atom. The van der Waals surface area contributed by atoms with E-state index in [4.69, 9.17) is 16.3 Å². The third-order valence-corrected chi connectivity index (χ3v) is 7.10. The first kappa shape index (κ1) is 28.7. The Bertz CT molecular complexity index is 843. The van der Waals surface area contributed by atoms with E-state index in [1.54, 1.807) is 4.52 Å². The maximum Gasteiger partial charge on any atom is 0.305 e. The van der Waals surface area contributed by atoms with Gasteiger partial charge in [0.25, 0.3) is 0 Å². The second-order valence-electron chi connectivity index (χ2n) is 10.5. The van der Waals surface area contributed by atoms with E-state index in [9.17, 15) is 4.79 Å². The van der Waals surface area contributed by atoms with Gasteiger partial charge in [-0.15, -0.1) is 10.2 Å². The fourth-order valence-corrected chi connectivity index (χ4v) is 4.56. The van der Waals surface area contributed by atoms with Gasteiger partial charge < -0.3 is 4.74 Å². The minimum absolute atomic E-state index is 0.135. The van der Waals surface area contributed by atoms with Crippen LogP contribution in [0.25, 0.3) is 5.65 Å². The van der Waals surface area contributed by atoms with E-state index < -0.39 is 5.41 Å². The van der Waals surface area contributed by atoms with Crippen LogP contribution in [0.15, 0.2) is 0 Å². The second-order valence-corrected chi connectivity index (χ2v) is 10.9. The highest BCUT2D eigenvalue weighted by Crippen LogP contribution is 2.27. The molecule has 0 amide bonds. The number of hydrogen-bond acceptors (Lipinski definition) is 4. The minimum Gasteiger partial charge on any atom is -0.465 e. The number of carbonyl (C=O) groups excluding carboxylic acids is 1. The average Bonchev–Trinajstić information content (AvgIpc) is 3.35. The molecule has 0 spiro atoms. The number of aromatic amines is 1. The molecular weight excluding hydrogens is 448 g/mol. The van der Waals surface area contributed by atoms with Gasteiger partial charge in [0.1, 0.15) is 11.6 Å². The Hall–Kier alpha value is -1.56. The summed E-state index contributed by atoms with van der Waals surface area (Å²) in [5.74, 6) is 0.571. The summed E-state index contributed by atoms with van der Waals surface area (Å²) >= 11 is 6.25. The van der Waals surface area contributed by atoms with Crippen molar-refractivity contribution in [3.63, 3.8) is 0 Å². The molecule has 0 saturated heterocycles. The molecule has 0 aromatic carbocycles. The predicted octanol–water partition coefficient (Wildman–Crippen LogP) is 8.10. The van der Waals surface area contributed by atoms with Gasteiger partial charge in [0.05, 0.1) is 11.1 Å². The van der Waals surface area contributed by atoms with Crippen LogP contribution in [-0.2, 0) is 14.9 Å². The zero-order valence-corrected chi connectivity index (χ0v) is 22.8. The van der Waals surface area contributed by atoms with Gasteiger partial charge in [-0.1, -0.05) is 108 Å². The van der Waals surface area contributed by atoms with Crippen LogP contribution in [0.2, 0.25) is 5.02 Å². The monoisotopic (exact) mass is 494 g/mol. The highest BCUT2D eigenvalue weighted by atomic mass is 35.5. The molecule has 0 saturated carbocycles. The summed E-state index contributed by atoms with van der Waals surface area (Å²) in [6, 6.07) is 0. The number of esters is 1. The van der Waals surface area contributed by atoms with E-state index in [0.29, 0.717) is 22.9 Å². The number of aryl methyl sites for hydroxylation is 1. The van der Waals surface area contributed by atoms with E-state index in [-0.39, 0.29) is 12.6 Å². The van der Waals surface area contributed by atoms with Crippen molar-refractivity contribution >= 4 is 23.2 Å². The summed E-state index contributed by atoms with van der Waals surface area (Å²) in [4.78, 5) is 12.2. The molecule has 0 aliphatic carbocycles. The van der Waals surface area contributed by atoms with Crippen molar-refractivity contribution in [3.8, 4) is 0 Å². The number of ether oxygens (including phenoxy) is 1. The van der Waals surface area contributed by atoms with Crippen LogP contribution in [0.3, 0.4) is 0 Å². The van der Waals surface area contributed by atoms with Crippen molar-refractivity contribution < 1.29 is 9.53 Å². The maximum atomic E-state index is 12.2. The lowest BCUT2D eigenvalue weighted by atomic mass is 9.94. The van der Waals surface area contributed by atoms with Gasteiger partial charge in [-0.2, -0.15) is 0 Å². The van der Waals surface area contributed by atoms with Gasteiger partial charge in [-0.05, 0) is 27.2 Å². The molecular formula is C27H47ClN4O2. The van der Waals surface area contributed by atoms with Crippen molar-refractivity contribution in [1.82, 2.24) is 19.8 Å². The van der Waals surface area contributed by atoms with Crippen molar-refractivity contribution in [2.75, 3.05) is 6.61 Å². The molecule has 0 aliphatic heterocycles. The molecule has 1 N–H and O–H groups in total. The highest BCUT2D eigenvalue weighted by molar-refractivity contribution is 6.34. The number of unbranched alkanes of at least 4 members (excludes halogenated alkanes) is 14. The molecule has 0 aliphatic rings. The number of H-pyrrole nitrogens is 1. The Labute approximate surface area is 211 Å². The molecule has 2 aromatic rings. The van der Waals surface area contributed by atoms with Crippen LogP contribution in [-0.4, -0.2) is 32.4 Å². The largest absolute Gasteiger partial charge is 0.465 e. The third kappa shape index (κ3) is 9.59. The zero-order valence-electron chi connectivity index (χ0n) is 22.1. The maximum absolute atomic E-state index is 12.2.